The molecule has 0 aromatic heterocycles. The minimum absolute atomic E-state index is 0.0602. The van der Waals surface area contributed by atoms with Gasteiger partial charge in [-0.3, -0.25) is 4.79 Å². The Morgan fingerprint density at radius 3 is 2.30 bits per heavy atom. The number of carbonyl (C=O) groups is 1. The van der Waals surface area contributed by atoms with Crippen molar-refractivity contribution < 1.29 is 18.3 Å². The summed E-state index contributed by atoms with van der Waals surface area (Å²) in [6, 6.07) is 10.4. The van der Waals surface area contributed by atoms with Crippen molar-refractivity contribution in [3.8, 4) is 5.75 Å². The van der Waals surface area contributed by atoms with E-state index in [0.717, 1.165) is 17.9 Å². The molecule has 0 aliphatic heterocycles. The number of benzene rings is 2. The fourth-order valence-corrected chi connectivity index (χ4v) is 1.88. The average Bonchev–Trinajstić information content (AvgIpc) is 2.50. The SMILES string of the molecule is CC(C)Oc1ccc(NC(=O)CNc2ccc(F)c(F)c2)cc1. The topological polar surface area (TPSA) is 50.4 Å². The minimum Gasteiger partial charge on any atom is -0.491 e. The zero-order chi connectivity index (χ0) is 16.8. The summed E-state index contributed by atoms with van der Waals surface area (Å²) in [6.07, 6.45) is 0.0794. The molecule has 0 fully saturated rings. The van der Waals surface area contributed by atoms with Crippen molar-refractivity contribution in [2.75, 3.05) is 17.2 Å². The Hall–Kier alpha value is -2.63. The first-order valence-electron chi connectivity index (χ1n) is 7.19. The monoisotopic (exact) mass is 320 g/mol. The second-order valence-electron chi connectivity index (χ2n) is 5.22. The summed E-state index contributed by atoms with van der Waals surface area (Å²) in [5, 5.41) is 5.42. The molecule has 0 aliphatic carbocycles. The van der Waals surface area contributed by atoms with E-state index >= 15 is 0 Å². The maximum atomic E-state index is 13.1. The zero-order valence-corrected chi connectivity index (χ0v) is 12.9. The summed E-state index contributed by atoms with van der Waals surface area (Å²) in [5.41, 5.74) is 0.956. The maximum absolute atomic E-state index is 13.1. The molecule has 0 unspecified atom stereocenters. The third-order valence-corrected chi connectivity index (χ3v) is 2.88. The van der Waals surface area contributed by atoms with Crippen molar-refractivity contribution in [2.45, 2.75) is 20.0 Å². The standard InChI is InChI=1S/C17H18F2N2O2/c1-11(2)23-14-6-3-12(4-7-14)21-17(22)10-20-13-5-8-15(18)16(19)9-13/h3-9,11,20H,10H2,1-2H3,(H,21,22). The van der Waals surface area contributed by atoms with E-state index in [0.29, 0.717) is 11.4 Å². The number of rotatable bonds is 6. The maximum Gasteiger partial charge on any atom is 0.243 e. The number of carbonyl (C=O) groups excluding carboxylic acids is 1. The smallest absolute Gasteiger partial charge is 0.243 e. The predicted molar refractivity (Wildman–Crippen MR) is 85.7 cm³/mol. The van der Waals surface area contributed by atoms with Crippen LogP contribution < -0.4 is 15.4 Å². The zero-order valence-electron chi connectivity index (χ0n) is 12.9. The van der Waals surface area contributed by atoms with Gasteiger partial charge < -0.3 is 15.4 Å². The van der Waals surface area contributed by atoms with Gasteiger partial charge in [-0.15, -0.1) is 0 Å². The molecule has 2 rings (SSSR count). The fraction of sp³-hybridized carbons (Fsp3) is 0.235. The number of hydrogen-bond donors (Lipinski definition) is 2. The average molecular weight is 320 g/mol. The van der Waals surface area contributed by atoms with Crippen LogP contribution in [0.4, 0.5) is 20.2 Å². The van der Waals surface area contributed by atoms with Gasteiger partial charge in [0.2, 0.25) is 5.91 Å². The molecule has 2 aromatic carbocycles. The predicted octanol–water partition coefficient (Wildman–Crippen LogP) is 3.80. The molecule has 0 bridgehead atoms. The molecule has 6 heteroatoms. The lowest BCUT2D eigenvalue weighted by atomic mass is 10.3. The first kappa shape index (κ1) is 16.7. The number of amides is 1. The van der Waals surface area contributed by atoms with Crippen LogP contribution in [0.15, 0.2) is 42.5 Å². The lowest BCUT2D eigenvalue weighted by Gasteiger charge is -2.11. The van der Waals surface area contributed by atoms with Crippen LogP contribution in [0.1, 0.15) is 13.8 Å². The number of anilines is 2. The Morgan fingerprint density at radius 2 is 1.70 bits per heavy atom. The summed E-state index contributed by atoms with van der Waals surface area (Å²) in [6.45, 7) is 3.80. The van der Waals surface area contributed by atoms with E-state index in [-0.39, 0.29) is 18.6 Å². The third kappa shape index (κ3) is 5.25. The lowest BCUT2D eigenvalue weighted by molar-refractivity contribution is -0.114. The Balaban J connectivity index is 1.85. The Kier molecular flexibility index (Phi) is 5.51. The van der Waals surface area contributed by atoms with E-state index in [2.05, 4.69) is 10.6 Å². The van der Waals surface area contributed by atoms with E-state index < -0.39 is 11.6 Å². The highest BCUT2D eigenvalue weighted by Gasteiger charge is 2.06. The normalized spacial score (nSPS) is 10.5. The van der Waals surface area contributed by atoms with E-state index in [1.165, 1.54) is 6.07 Å². The van der Waals surface area contributed by atoms with Crippen LogP contribution in [0.2, 0.25) is 0 Å². The molecular formula is C17H18F2N2O2. The van der Waals surface area contributed by atoms with Crippen molar-refractivity contribution in [3.05, 3.63) is 54.1 Å². The van der Waals surface area contributed by atoms with Gasteiger partial charge in [0, 0.05) is 17.4 Å². The summed E-state index contributed by atoms with van der Waals surface area (Å²) < 4.78 is 31.4. The quantitative estimate of drug-likeness (QED) is 0.851. The molecule has 2 N–H and O–H groups in total. The first-order chi connectivity index (χ1) is 10.9. The van der Waals surface area contributed by atoms with Crippen molar-refractivity contribution in [1.82, 2.24) is 0 Å². The first-order valence-corrected chi connectivity index (χ1v) is 7.19. The van der Waals surface area contributed by atoms with Crippen LogP contribution in [-0.2, 0) is 4.79 Å². The molecular weight excluding hydrogens is 302 g/mol. The van der Waals surface area contributed by atoms with Crippen LogP contribution in [0.3, 0.4) is 0 Å². The van der Waals surface area contributed by atoms with Crippen LogP contribution in [0.25, 0.3) is 0 Å². The number of hydrogen-bond acceptors (Lipinski definition) is 3. The summed E-state index contributed by atoms with van der Waals surface area (Å²) in [5.74, 6) is -1.47. The van der Waals surface area contributed by atoms with E-state index in [1.807, 2.05) is 13.8 Å². The molecule has 0 aliphatic rings. The van der Waals surface area contributed by atoms with Gasteiger partial charge in [0.05, 0.1) is 12.6 Å². The third-order valence-electron chi connectivity index (χ3n) is 2.88. The molecule has 1 amide bonds. The summed E-state index contributed by atoms with van der Waals surface area (Å²) >= 11 is 0. The molecule has 0 saturated carbocycles. The van der Waals surface area contributed by atoms with Gasteiger partial charge in [-0.05, 0) is 50.2 Å². The van der Waals surface area contributed by atoms with Gasteiger partial charge in [-0.2, -0.15) is 0 Å². The fourth-order valence-electron chi connectivity index (χ4n) is 1.88. The van der Waals surface area contributed by atoms with Gasteiger partial charge in [0.15, 0.2) is 11.6 Å². The second kappa shape index (κ2) is 7.58. The van der Waals surface area contributed by atoms with Crippen molar-refractivity contribution >= 4 is 17.3 Å². The summed E-state index contributed by atoms with van der Waals surface area (Å²) in [4.78, 5) is 11.8. The molecule has 0 heterocycles. The van der Waals surface area contributed by atoms with Crippen molar-refractivity contribution in [3.63, 3.8) is 0 Å². The van der Waals surface area contributed by atoms with Crippen LogP contribution in [0.5, 0.6) is 5.75 Å². The molecule has 2 aromatic rings. The van der Waals surface area contributed by atoms with Crippen LogP contribution in [0, 0.1) is 11.6 Å². The molecule has 0 saturated heterocycles. The molecule has 4 nitrogen and oxygen atoms in total. The molecule has 23 heavy (non-hydrogen) atoms. The van der Waals surface area contributed by atoms with E-state index in [9.17, 15) is 13.6 Å². The van der Waals surface area contributed by atoms with Crippen molar-refractivity contribution in [1.29, 1.82) is 0 Å². The minimum atomic E-state index is -0.962. The van der Waals surface area contributed by atoms with Gasteiger partial charge >= 0.3 is 0 Å². The van der Waals surface area contributed by atoms with E-state index in [4.69, 9.17) is 4.74 Å². The van der Waals surface area contributed by atoms with Crippen LogP contribution in [-0.4, -0.2) is 18.6 Å². The van der Waals surface area contributed by atoms with Gasteiger partial charge in [0.1, 0.15) is 5.75 Å². The molecule has 0 spiro atoms. The molecule has 0 atom stereocenters. The highest BCUT2D eigenvalue weighted by molar-refractivity contribution is 5.93. The van der Waals surface area contributed by atoms with Gasteiger partial charge in [0.25, 0.3) is 0 Å². The van der Waals surface area contributed by atoms with Crippen LogP contribution >= 0.6 is 0 Å². The number of ether oxygens (including phenoxy) is 1. The lowest BCUT2D eigenvalue weighted by Crippen LogP contribution is -2.21. The highest BCUT2D eigenvalue weighted by Crippen LogP contribution is 2.17. The van der Waals surface area contributed by atoms with Crippen molar-refractivity contribution in [2.24, 2.45) is 0 Å². The van der Waals surface area contributed by atoms with Gasteiger partial charge in [-0.1, -0.05) is 0 Å². The highest BCUT2D eigenvalue weighted by atomic mass is 19.2. The molecule has 0 radical (unpaired) electrons. The Labute approximate surface area is 133 Å². The Morgan fingerprint density at radius 1 is 1.04 bits per heavy atom. The molecule has 122 valence electrons. The van der Waals surface area contributed by atoms with E-state index in [1.54, 1.807) is 24.3 Å². The summed E-state index contributed by atoms with van der Waals surface area (Å²) in [7, 11) is 0. The van der Waals surface area contributed by atoms with Gasteiger partial charge in [-0.25, -0.2) is 8.78 Å². The number of nitrogens with one attached hydrogen (secondary N) is 2. The Bertz CT molecular complexity index is 673. The largest absolute Gasteiger partial charge is 0.491 e. The number of halogens is 2. The second-order valence-corrected chi connectivity index (χ2v) is 5.22.